The van der Waals surface area contributed by atoms with Crippen molar-refractivity contribution in [2.45, 2.75) is 25.3 Å². The summed E-state index contributed by atoms with van der Waals surface area (Å²) >= 11 is 0. The summed E-state index contributed by atoms with van der Waals surface area (Å²) in [6.07, 6.45) is 5.19. The maximum Gasteiger partial charge on any atom is 0.272 e. The highest BCUT2D eigenvalue weighted by Crippen LogP contribution is 2.21. The Hall–Kier alpha value is -1.93. The van der Waals surface area contributed by atoms with Crippen molar-refractivity contribution < 1.29 is 4.79 Å². The minimum absolute atomic E-state index is 0.0142. The Labute approximate surface area is 118 Å². The molecule has 2 aliphatic rings. The smallest absolute Gasteiger partial charge is 0.272 e. The van der Waals surface area contributed by atoms with Crippen LogP contribution in [0.5, 0.6) is 0 Å². The Kier molecular flexibility index (Phi) is 3.66. The van der Waals surface area contributed by atoms with E-state index in [1.165, 1.54) is 32.0 Å². The van der Waals surface area contributed by atoms with Crippen LogP contribution >= 0.6 is 0 Å². The number of amides is 1. The molecular weight excluding hydrogens is 252 g/mol. The number of piperazine rings is 1. The number of carbonyl (C=O) groups excluding carboxylic acids is 1. The van der Waals surface area contributed by atoms with Crippen LogP contribution in [0.15, 0.2) is 18.3 Å². The molecule has 3 rings (SSSR count). The topological polar surface area (TPSA) is 60.2 Å². The van der Waals surface area contributed by atoms with E-state index in [-0.39, 0.29) is 5.91 Å². The molecule has 104 valence electrons. The van der Waals surface area contributed by atoms with Gasteiger partial charge in [-0.25, -0.2) is 4.98 Å². The average Bonchev–Trinajstić information content (AvgIpc) is 2.54. The molecule has 0 bridgehead atoms. The number of pyridine rings is 1. The van der Waals surface area contributed by atoms with E-state index in [0.717, 1.165) is 19.6 Å². The monoisotopic (exact) mass is 270 g/mol. The van der Waals surface area contributed by atoms with Gasteiger partial charge in [-0.15, -0.1) is 0 Å². The highest BCUT2D eigenvalue weighted by molar-refractivity contribution is 5.92. The van der Waals surface area contributed by atoms with Gasteiger partial charge in [0.25, 0.3) is 5.91 Å². The lowest BCUT2D eigenvalue weighted by Gasteiger charge is -2.43. The second-order valence-electron chi connectivity index (χ2n) is 5.48. The lowest BCUT2D eigenvalue weighted by molar-refractivity contribution is 0.0368. The molecule has 2 aliphatic heterocycles. The van der Waals surface area contributed by atoms with Crippen LogP contribution in [0.25, 0.3) is 0 Å². The first-order valence-electron chi connectivity index (χ1n) is 7.17. The quantitative estimate of drug-likeness (QED) is 0.771. The molecule has 0 aliphatic carbocycles. The van der Waals surface area contributed by atoms with Crippen molar-refractivity contribution >= 4 is 5.91 Å². The lowest BCUT2D eigenvalue weighted by Crippen LogP contribution is -2.56. The van der Waals surface area contributed by atoms with Gasteiger partial charge < -0.3 is 4.90 Å². The minimum Gasteiger partial charge on any atom is -0.334 e. The largest absolute Gasteiger partial charge is 0.334 e. The first-order chi connectivity index (χ1) is 9.78. The maximum atomic E-state index is 12.4. The number of nitrogens with zero attached hydrogens (tertiary/aromatic N) is 4. The fraction of sp³-hybridized carbons (Fsp3) is 0.533. The minimum atomic E-state index is -0.0142. The predicted octanol–water partition coefficient (Wildman–Crippen LogP) is 1.26. The number of piperidine rings is 1. The van der Waals surface area contributed by atoms with E-state index in [1.807, 2.05) is 11.0 Å². The lowest BCUT2D eigenvalue weighted by atomic mass is 9.99. The SMILES string of the molecule is N#Cc1ccc(C(=O)N2CCN3CCCCC3C2)nc1. The summed E-state index contributed by atoms with van der Waals surface area (Å²) in [5, 5.41) is 8.75. The van der Waals surface area contributed by atoms with Crippen LogP contribution < -0.4 is 0 Å². The van der Waals surface area contributed by atoms with Gasteiger partial charge in [0.15, 0.2) is 0 Å². The van der Waals surface area contributed by atoms with Crippen LogP contribution in [0.1, 0.15) is 35.3 Å². The van der Waals surface area contributed by atoms with Crippen molar-refractivity contribution in [2.75, 3.05) is 26.2 Å². The molecule has 1 aromatic rings. The van der Waals surface area contributed by atoms with Crippen LogP contribution in [-0.2, 0) is 0 Å². The summed E-state index contributed by atoms with van der Waals surface area (Å²) in [5.74, 6) is -0.0142. The molecule has 0 N–H and O–H groups in total. The molecule has 0 saturated carbocycles. The molecule has 1 unspecified atom stereocenters. The van der Waals surface area contributed by atoms with Crippen molar-refractivity contribution in [3.8, 4) is 6.07 Å². The summed E-state index contributed by atoms with van der Waals surface area (Å²) < 4.78 is 0. The van der Waals surface area contributed by atoms with Gasteiger partial charge in [0.05, 0.1) is 5.56 Å². The number of carbonyl (C=O) groups is 1. The van der Waals surface area contributed by atoms with Gasteiger partial charge in [-0.05, 0) is 31.5 Å². The van der Waals surface area contributed by atoms with E-state index in [9.17, 15) is 4.79 Å². The Bertz CT molecular complexity index is 534. The fourth-order valence-corrected chi connectivity index (χ4v) is 3.09. The van der Waals surface area contributed by atoms with E-state index in [0.29, 0.717) is 17.3 Å². The Morgan fingerprint density at radius 3 is 2.95 bits per heavy atom. The maximum absolute atomic E-state index is 12.4. The second kappa shape index (κ2) is 5.59. The molecule has 3 heterocycles. The number of aromatic nitrogens is 1. The van der Waals surface area contributed by atoms with Gasteiger partial charge in [0.1, 0.15) is 11.8 Å². The summed E-state index contributed by atoms with van der Waals surface area (Å²) in [4.78, 5) is 20.9. The predicted molar refractivity (Wildman–Crippen MR) is 74.1 cm³/mol. The molecule has 20 heavy (non-hydrogen) atoms. The van der Waals surface area contributed by atoms with E-state index in [1.54, 1.807) is 12.1 Å². The van der Waals surface area contributed by atoms with Gasteiger partial charge in [0, 0.05) is 31.9 Å². The number of hydrogen-bond donors (Lipinski definition) is 0. The van der Waals surface area contributed by atoms with Crippen LogP contribution in [0, 0.1) is 11.3 Å². The number of nitriles is 1. The number of fused-ring (bicyclic) bond motifs is 1. The fourth-order valence-electron chi connectivity index (χ4n) is 3.09. The molecule has 5 nitrogen and oxygen atoms in total. The molecule has 1 atom stereocenters. The second-order valence-corrected chi connectivity index (χ2v) is 5.48. The van der Waals surface area contributed by atoms with Crippen molar-refractivity contribution in [1.82, 2.24) is 14.8 Å². The van der Waals surface area contributed by atoms with Gasteiger partial charge in [0.2, 0.25) is 0 Å². The van der Waals surface area contributed by atoms with Crippen molar-refractivity contribution in [3.05, 3.63) is 29.6 Å². The molecule has 2 saturated heterocycles. The summed E-state index contributed by atoms with van der Waals surface area (Å²) in [6, 6.07) is 5.83. The molecule has 5 heteroatoms. The Balaban J connectivity index is 1.69. The standard InChI is InChI=1S/C15H18N4O/c16-9-12-4-5-14(17-10-12)15(20)19-8-7-18-6-2-1-3-13(18)11-19/h4-5,10,13H,1-3,6-8,11H2. The summed E-state index contributed by atoms with van der Waals surface area (Å²) in [6.45, 7) is 3.71. The Morgan fingerprint density at radius 1 is 1.30 bits per heavy atom. The summed E-state index contributed by atoms with van der Waals surface area (Å²) in [7, 11) is 0. The number of hydrogen-bond acceptors (Lipinski definition) is 4. The van der Waals surface area contributed by atoms with E-state index < -0.39 is 0 Å². The zero-order chi connectivity index (χ0) is 13.9. The third kappa shape index (κ3) is 2.52. The van der Waals surface area contributed by atoms with E-state index in [2.05, 4.69) is 9.88 Å². The molecule has 0 spiro atoms. The van der Waals surface area contributed by atoms with Gasteiger partial charge in [-0.2, -0.15) is 5.26 Å². The molecule has 2 fully saturated rings. The third-order valence-electron chi connectivity index (χ3n) is 4.24. The number of rotatable bonds is 1. The van der Waals surface area contributed by atoms with Crippen molar-refractivity contribution in [1.29, 1.82) is 5.26 Å². The van der Waals surface area contributed by atoms with Gasteiger partial charge in [-0.3, -0.25) is 9.69 Å². The molecule has 1 amide bonds. The van der Waals surface area contributed by atoms with E-state index >= 15 is 0 Å². The first-order valence-corrected chi connectivity index (χ1v) is 7.17. The zero-order valence-electron chi connectivity index (χ0n) is 11.5. The molecule has 1 aromatic heterocycles. The normalized spacial score (nSPS) is 22.9. The molecular formula is C15H18N4O. The van der Waals surface area contributed by atoms with E-state index in [4.69, 9.17) is 5.26 Å². The molecule has 0 aromatic carbocycles. The first kappa shape index (κ1) is 13.1. The van der Waals surface area contributed by atoms with Gasteiger partial charge >= 0.3 is 0 Å². The Morgan fingerprint density at radius 2 is 2.20 bits per heavy atom. The zero-order valence-corrected chi connectivity index (χ0v) is 11.5. The highest BCUT2D eigenvalue weighted by Gasteiger charge is 2.31. The summed E-state index contributed by atoms with van der Waals surface area (Å²) in [5.41, 5.74) is 0.923. The van der Waals surface area contributed by atoms with Crippen LogP contribution in [0.4, 0.5) is 0 Å². The van der Waals surface area contributed by atoms with Crippen LogP contribution in [-0.4, -0.2) is 52.9 Å². The van der Waals surface area contributed by atoms with Gasteiger partial charge in [-0.1, -0.05) is 6.42 Å². The average molecular weight is 270 g/mol. The van der Waals surface area contributed by atoms with Crippen LogP contribution in [0.3, 0.4) is 0 Å². The van der Waals surface area contributed by atoms with Crippen LogP contribution in [0.2, 0.25) is 0 Å². The molecule has 0 radical (unpaired) electrons. The van der Waals surface area contributed by atoms with Crippen molar-refractivity contribution in [3.63, 3.8) is 0 Å². The third-order valence-corrected chi connectivity index (χ3v) is 4.24. The van der Waals surface area contributed by atoms with Crippen molar-refractivity contribution in [2.24, 2.45) is 0 Å². The highest BCUT2D eigenvalue weighted by atomic mass is 16.2.